The molecule has 0 aliphatic rings. The molecule has 3 nitrogen and oxygen atoms in total. The van der Waals surface area contributed by atoms with Crippen molar-refractivity contribution in [3.63, 3.8) is 0 Å². The van der Waals surface area contributed by atoms with Gasteiger partial charge >= 0.3 is 0 Å². The van der Waals surface area contributed by atoms with E-state index in [-0.39, 0.29) is 25.2 Å². The van der Waals surface area contributed by atoms with Gasteiger partial charge in [-0.1, -0.05) is 6.92 Å². The third-order valence-corrected chi connectivity index (χ3v) is 0.623. The first-order chi connectivity index (χ1) is 4.54. The maximum Gasteiger partial charge on any atom is 0.0483 e. The molecule has 0 aromatic carbocycles. The highest BCUT2D eigenvalue weighted by Gasteiger charge is 1.91. The lowest BCUT2D eigenvalue weighted by Crippen LogP contribution is -2.04. The number of hydrogen-bond donors (Lipinski definition) is 3. The molecule has 64 valence electrons. The van der Waals surface area contributed by atoms with Crippen molar-refractivity contribution >= 4 is 0 Å². The maximum absolute atomic E-state index is 8.17. The van der Waals surface area contributed by atoms with Crippen molar-refractivity contribution in [2.75, 3.05) is 13.2 Å². The van der Waals surface area contributed by atoms with E-state index in [4.69, 9.17) is 15.3 Å². The second kappa shape index (κ2) is 8.88. The highest BCUT2D eigenvalue weighted by molar-refractivity contribution is 4.41. The molecular formula is C7H18O3. The Labute approximate surface area is 62.3 Å². The van der Waals surface area contributed by atoms with E-state index in [0.717, 1.165) is 0 Å². The molecule has 0 aromatic rings. The molecular weight excluding hydrogens is 132 g/mol. The largest absolute Gasteiger partial charge is 0.396 e. The first-order valence-corrected chi connectivity index (χ1v) is 3.44. The lowest BCUT2D eigenvalue weighted by Gasteiger charge is -1.97. The second-order valence-electron chi connectivity index (χ2n) is 2.56. The number of aliphatic hydroxyl groups is 3. The zero-order valence-corrected chi connectivity index (χ0v) is 6.91. The molecule has 0 spiro atoms. The van der Waals surface area contributed by atoms with Gasteiger partial charge in [0.1, 0.15) is 0 Å². The molecule has 0 aliphatic heterocycles. The Hall–Kier alpha value is -0.120. The van der Waals surface area contributed by atoms with Crippen LogP contribution in [-0.2, 0) is 0 Å². The molecule has 0 radical (unpaired) electrons. The predicted molar refractivity (Wildman–Crippen MR) is 40.7 cm³/mol. The van der Waals surface area contributed by atoms with Crippen LogP contribution in [0.4, 0.5) is 0 Å². The van der Waals surface area contributed by atoms with E-state index in [2.05, 4.69) is 0 Å². The Morgan fingerprint density at radius 1 is 1.00 bits per heavy atom. The van der Waals surface area contributed by atoms with Crippen LogP contribution in [0.2, 0.25) is 0 Å². The maximum atomic E-state index is 8.17. The van der Waals surface area contributed by atoms with Crippen molar-refractivity contribution in [3.05, 3.63) is 0 Å². The van der Waals surface area contributed by atoms with Gasteiger partial charge in [-0.3, -0.25) is 0 Å². The standard InChI is InChI=1S/C4H10O2.C3H8O/c1-4(2-5)3-6;1-3(2)4/h4-6H,2-3H2,1H3;3-4H,1-2H3. The van der Waals surface area contributed by atoms with Gasteiger partial charge in [-0.25, -0.2) is 0 Å². The first-order valence-electron chi connectivity index (χ1n) is 3.44. The summed E-state index contributed by atoms with van der Waals surface area (Å²) in [5.74, 6) is 0.0463. The molecule has 0 aliphatic carbocycles. The SMILES string of the molecule is CC(C)O.CC(CO)CO. The molecule has 0 saturated carbocycles. The van der Waals surface area contributed by atoms with E-state index in [1.54, 1.807) is 20.8 Å². The van der Waals surface area contributed by atoms with E-state index < -0.39 is 0 Å². The van der Waals surface area contributed by atoms with Crippen LogP contribution in [0, 0.1) is 5.92 Å². The molecule has 0 fully saturated rings. The smallest absolute Gasteiger partial charge is 0.0483 e. The quantitative estimate of drug-likeness (QED) is 0.519. The summed E-state index contributed by atoms with van der Waals surface area (Å²) >= 11 is 0. The minimum Gasteiger partial charge on any atom is -0.396 e. The molecule has 0 amide bonds. The Balaban J connectivity index is 0. The van der Waals surface area contributed by atoms with Crippen LogP contribution in [0.25, 0.3) is 0 Å². The molecule has 0 heterocycles. The highest BCUT2D eigenvalue weighted by atomic mass is 16.3. The summed E-state index contributed by atoms with van der Waals surface area (Å²) in [6.45, 7) is 5.38. The first kappa shape index (κ1) is 12.5. The summed E-state index contributed by atoms with van der Waals surface area (Å²) in [5.41, 5.74) is 0. The Morgan fingerprint density at radius 3 is 1.20 bits per heavy atom. The van der Waals surface area contributed by atoms with Crippen molar-refractivity contribution < 1.29 is 15.3 Å². The van der Waals surface area contributed by atoms with Gasteiger partial charge in [0.15, 0.2) is 0 Å². The highest BCUT2D eigenvalue weighted by Crippen LogP contribution is 1.85. The Morgan fingerprint density at radius 2 is 1.20 bits per heavy atom. The molecule has 0 bridgehead atoms. The van der Waals surface area contributed by atoms with Crippen LogP contribution in [0.5, 0.6) is 0 Å². The predicted octanol–water partition coefficient (Wildman–Crippen LogP) is -0.00580. The van der Waals surface area contributed by atoms with Crippen LogP contribution in [0.3, 0.4) is 0 Å². The monoisotopic (exact) mass is 150 g/mol. The zero-order valence-electron chi connectivity index (χ0n) is 6.91. The summed E-state index contributed by atoms with van der Waals surface area (Å²) in [7, 11) is 0. The average molecular weight is 150 g/mol. The summed E-state index contributed by atoms with van der Waals surface area (Å²) in [6, 6.07) is 0. The van der Waals surface area contributed by atoms with Crippen LogP contribution < -0.4 is 0 Å². The number of rotatable bonds is 2. The van der Waals surface area contributed by atoms with Gasteiger partial charge in [0.05, 0.1) is 0 Å². The zero-order chi connectivity index (χ0) is 8.57. The van der Waals surface area contributed by atoms with Gasteiger partial charge in [-0.15, -0.1) is 0 Å². The second-order valence-corrected chi connectivity index (χ2v) is 2.56. The fourth-order valence-electron chi connectivity index (χ4n) is 0.0577. The summed E-state index contributed by atoms with van der Waals surface area (Å²) in [5, 5.41) is 24.4. The van der Waals surface area contributed by atoms with Crippen molar-refractivity contribution in [1.82, 2.24) is 0 Å². The summed E-state index contributed by atoms with van der Waals surface area (Å²) < 4.78 is 0. The van der Waals surface area contributed by atoms with Crippen molar-refractivity contribution in [2.45, 2.75) is 26.9 Å². The van der Waals surface area contributed by atoms with Gasteiger partial charge in [-0.2, -0.15) is 0 Å². The van der Waals surface area contributed by atoms with Crippen molar-refractivity contribution in [1.29, 1.82) is 0 Å². The molecule has 3 heteroatoms. The van der Waals surface area contributed by atoms with Crippen molar-refractivity contribution in [2.24, 2.45) is 5.92 Å². The fourth-order valence-corrected chi connectivity index (χ4v) is 0.0577. The summed E-state index contributed by atoms with van der Waals surface area (Å²) in [4.78, 5) is 0. The molecule has 0 atom stereocenters. The lowest BCUT2D eigenvalue weighted by atomic mass is 10.2. The van der Waals surface area contributed by atoms with E-state index in [1.165, 1.54) is 0 Å². The molecule has 0 aromatic heterocycles. The third kappa shape index (κ3) is 24.8. The molecule has 0 saturated heterocycles. The topological polar surface area (TPSA) is 60.7 Å². The van der Waals surface area contributed by atoms with Gasteiger partial charge in [0, 0.05) is 25.2 Å². The lowest BCUT2D eigenvalue weighted by molar-refractivity contribution is 0.162. The minimum atomic E-state index is -0.167. The van der Waals surface area contributed by atoms with Gasteiger partial charge in [-0.05, 0) is 13.8 Å². The van der Waals surface area contributed by atoms with Gasteiger partial charge in [0.25, 0.3) is 0 Å². The number of aliphatic hydroxyl groups excluding tert-OH is 3. The molecule has 10 heavy (non-hydrogen) atoms. The van der Waals surface area contributed by atoms with Gasteiger partial charge < -0.3 is 15.3 Å². The number of hydrogen-bond acceptors (Lipinski definition) is 3. The molecule has 3 N–H and O–H groups in total. The van der Waals surface area contributed by atoms with E-state index in [0.29, 0.717) is 0 Å². The summed E-state index contributed by atoms with van der Waals surface area (Å²) in [6.07, 6.45) is -0.167. The molecule has 0 unspecified atom stereocenters. The van der Waals surface area contributed by atoms with E-state index in [9.17, 15) is 0 Å². The van der Waals surface area contributed by atoms with Gasteiger partial charge in [0.2, 0.25) is 0 Å². The van der Waals surface area contributed by atoms with Crippen LogP contribution >= 0.6 is 0 Å². The Kier molecular flexibility index (Phi) is 11.1. The van der Waals surface area contributed by atoms with Crippen LogP contribution in [-0.4, -0.2) is 34.6 Å². The Bertz CT molecular complexity index is 48.1. The minimum absolute atomic E-state index is 0.0463. The third-order valence-electron chi connectivity index (χ3n) is 0.623. The molecule has 0 rings (SSSR count). The fraction of sp³-hybridized carbons (Fsp3) is 1.00. The van der Waals surface area contributed by atoms with E-state index in [1.807, 2.05) is 0 Å². The normalized spacial score (nSPS) is 9.60. The average Bonchev–Trinajstić information content (AvgIpc) is 1.85. The van der Waals surface area contributed by atoms with Crippen LogP contribution in [0.15, 0.2) is 0 Å². The van der Waals surface area contributed by atoms with E-state index >= 15 is 0 Å². The van der Waals surface area contributed by atoms with Crippen LogP contribution in [0.1, 0.15) is 20.8 Å². The van der Waals surface area contributed by atoms with Crippen molar-refractivity contribution in [3.8, 4) is 0 Å².